The van der Waals surface area contributed by atoms with E-state index in [9.17, 15) is 4.79 Å². The molecule has 5 nitrogen and oxygen atoms in total. The molecule has 0 radical (unpaired) electrons. The van der Waals surface area contributed by atoms with Crippen molar-refractivity contribution in [2.24, 2.45) is 0 Å². The van der Waals surface area contributed by atoms with Crippen molar-refractivity contribution < 1.29 is 0 Å². The second kappa shape index (κ2) is 7.43. The summed E-state index contributed by atoms with van der Waals surface area (Å²) < 4.78 is 0. The maximum absolute atomic E-state index is 12.7. The molecule has 0 fully saturated rings. The van der Waals surface area contributed by atoms with Crippen LogP contribution in [0.1, 0.15) is 16.1 Å². The second-order valence-corrected chi connectivity index (χ2v) is 8.90. The lowest BCUT2D eigenvalue weighted by atomic mass is 10.1. The van der Waals surface area contributed by atoms with Crippen LogP contribution in [0, 0.1) is 0 Å². The smallest absolute Gasteiger partial charge is 0.255 e. The Kier molecular flexibility index (Phi) is 4.64. The van der Waals surface area contributed by atoms with Crippen molar-refractivity contribution >= 4 is 22.7 Å². The lowest BCUT2D eigenvalue weighted by Gasteiger charge is -2.27. The SMILES string of the molecule is O=c1[nH]c(-c2ccncc2)nc2c1CN(Cc1ccc(-c3cccs3)s1)CC2. The van der Waals surface area contributed by atoms with Gasteiger partial charge >= 0.3 is 0 Å². The third-order valence-corrected chi connectivity index (χ3v) is 7.04. The first-order valence-corrected chi connectivity index (χ1v) is 10.8. The lowest BCUT2D eigenvalue weighted by Crippen LogP contribution is -2.35. The minimum absolute atomic E-state index is 0.0352. The van der Waals surface area contributed by atoms with Crippen molar-refractivity contribution in [1.82, 2.24) is 19.9 Å². The van der Waals surface area contributed by atoms with Crippen LogP contribution in [-0.2, 0) is 19.5 Å². The van der Waals surface area contributed by atoms with Gasteiger partial charge in [0.1, 0.15) is 5.82 Å². The van der Waals surface area contributed by atoms with Gasteiger partial charge in [0.2, 0.25) is 0 Å². The van der Waals surface area contributed by atoms with Crippen molar-refractivity contribution in [3.63, 3.8) is 0 Å². The summed E-state index contributed by atoms with van der Waals surface area (Å²) in [6.07, 6.45) is 4.21. The first-order chi connectivity index (χ1) is 13.8. The highest BCUT2D eigenvalue weighted by atomic mass is 32.1. The zero-order valence-corrected chi connectivity index (χ0v) is 16.7. The molecule has 0 saturated heterocycles. The molecule has 1 aliphatic heterocycles. The summed E-state index contributed by atoms with van der Waals surface area (Å²) in [6, 6.07) is 12.4. The molecule has 4 aromatic heterocycles. The Morgan fingerprint density at radius 1 is 1.11 bits per heavy atom. The number of aromatic nitrogens is 3. The standard InChI is InChI=1S/C21H18N4OS2/c26-21-16-13-25(12-15-3-4-19(28-15)18-2-1-11-27-18)10-7-17(16)23-20(24-21)14-5-8-22-9-6-14/h1-6,8-9,11H,7,10,12-13H2,(H,23,24,26). The molecule has 4 aromatic rings. The van der Waals surface area contributed by atoms with Gasteiger partial charge in [-0.15, -0.1) is 22.7 Å². The Hall–Kier alpha value is -2.61. The quantitative estimate of drug-likeness (QED) is 0.552. The normalized spacial score (nSPS) is 14.1. The van der Waals surface area contributed by atoms with Gasteiger partial charge in [-0.05, 0) is 35.7 Å². The molecule has 1 aliphatic rings. The lowest BCUT2D eigenvalue weighted by molar-refractivity contribution is 0.244. The van der Waals surface area contributed by atoms with E-state index >= 15 is 0 Å². The topological polar surface area (TPSA) is 61.9 Å². The highest BCUT2D eigenvalue weighted by molar-refractivity contribution is 7.21. The van der Waals surface area contributed by atoms with Gasteiger partial charge in [-0.3, -0.25) is 14.7 Å². The zero-order valence-electron chi connectivity index (χ0n) is 15.1. The Morgan fingerprint density at radius 3 is 2.82 bits per heavy atom. The summed E-state index contributed by atoms with van der Waals surface area (Å²) >= 11 is 3.60. The summed E-state index contributed by atoms with van der Waals surface area (Å²) in [5, 5.41) is 2.11. The molecule has 28 heavy (non-hydrogen) atoms. The van der Waals surface area contributed by atoms with E-state index < -0.39 is 0 Å². The predicted molar refractivity (Wildman–Crippen MR) is 114 cm³/mol. The van der Waals surface area contributed by atoms with E-state index in [2.05, 4.69) is 44.5 Å². The Balaban J connectivity index is 1.35. The molecule has 7 heteroatoms. The Morgan fingerprint density at radius 2 is 2.00 bits per heavy atom. The van der Waals surface area contributed by atoms with Crippen LogP contribution in [0.4, 0.5) is 0 Å². The average Bonchev–Trinajstić information content (AvgIpc) is 3.41. The van der Waals surface area contributed by atoms with E-state index in [0.717, 1.165) is 36.3 Å². The van der Waals surface area contributed by atoms with Crippen LogP contribution in [0.5, 0.6) is 0 Å². The molecule has 5 heterocycles. The number of nitrogens with zero attached hydrogens (tertiary/aromatic N) is 3. The van der Waals surface area contributed by atoms with Crippen molar-refractivity contribution in [3.8, 4) is 21.1 Å². The molecule has 0 amide bonds. The van der Waals surface area contributed by atoms with Crippen molar-refractivity contribution in [2.45, 2.75) is 19.5 Å². The Bertz CT molecular complexity index is 1150. The minimum Gasteiger partial charge on any atom is -0.306 e. The van der Waals surface area contributed by atoms with Crippen LogP contribution in [-0.4, -0.2) is 26.4 Å². The maximum atomic E-state index is 12.7. The molecule has 0 aliphatic carbocycles. The van der Waals surface area contributed by atoms with Crippen molar-refractivity contribution in [1.29, 1.82) is 0 Å². The average molecular weight is 407 g/mol. The third-order valence-electron chi connectivity index (χ3n) is 4.91. The molecule has 0 saturated carbocycles. The van der Waals surface area contributed by atoms with Crippen LogP contribution in [0.3, 0.4) is 0 Å². The van der Waals surface area contributed by atoms with E-state index in [1.807, 2.05) is 23.5 Å². The van der Waals surface area contributed by atoms with Gasteiger partial charge in [0.15, 0.2) is 0 Å². The molecular formula is C21H18N4OS2. The molecule has 0 atom stereocenters. The highest BCUT2D eigenvalue weighted by Crippen LogP contribution is 2.32. The van der Waals surface area contributed by atoms with Gasteiger partial charge in [0, 0.05) is 58.6 Å². The van der Waals surface area contributed by atoms with Crippen molar-refractivity contribution in [2.75, 3.05) is 6.54 Å². The largest absolute Gasteiger partial charge is 0.306 e. The molecule has 1 N–H and O–H groups in total. The first kappa shape index (κ1) is 17.5. The fourth-order valence-electron chi connectivity index (χ4n) is 3.50. The minimum atomic E-state index is -0.0352. The van der Waals surface area contributed by atoms with Crippen LogP contribution < -0.4 is 5.56 Å². The second-order valence-electron chi connectivity index (χ2n) is 6.78. The molecule has 0 unspecified atom stereocenters. The number of hydrogen-bond acceptors (Lipinski definition) is 6. The van der Waals surface area contributed by atoms with E-state index in [1.54, 1.807) is 23.7 Å². The van der Waals surface area contributed by atoms with Crippen molar-refractivity contribution in [3.05, 3.63) is 80.7 Å². The molecule has 0 bridgehead atoms. The van der Waals surface area contributed by atoms with E-state index in [4.69, 9.17) is 4.98 Å². The number of thiophene rings is 2. The highest BCUT2D eigenvalue weighted by Gasteiger charge is 2.22. The van der Waals surface area contributed by atoms with Gasteiger partial charge in [0.05, 0.1) is 11.3 Å². The summed E-state index contributed by atoms with van der Waals surface area (Å²) in [4.78, 5) is 30.6. The molecule has 5 rings (SSSR count). The summed E-state index contributed by atoms with van der Waals surface area (Å²) in [5.74, 6) is 0.624. The number of fused-ring (bicyclic) bond motifs is 1. The number of nitrogens with one attached hydrogen (secondary N) is 1. The van der Waals surface area contributed by atoms with Gasteiger partial charge < -0.3 is 4.98 Å². The van der Waals surface area contributed by atoms with Crippen LogP contribution in [0.25, 0.3) is 21.1 Å². The zero-order chi connectivity index (χ0) is 18.9. The molecule has 140 valence electrons. The van der Waals surface area contributed by atoms with Crippen LogP contribution in [0.2, 0.25) is 0 Å². The maximum Gasteiger partial charge on any atom is 0.255 e. The predicted octanol–water partition coefficient (Wildman–Crippen LogP) is 4.18. The number of rotatable bonds is 4. The monoisotopic (exact) mass is 406 g/mol. The number of aromatic amines is 1. The van der Waals surface area contributed by atoms with Gasteiger partial charge in [-0.1, -0.05) is 6.07 Å². The summed E-state index contributed by atoms with van der Waals surface area (Å²) in [7, 11) is 0. The van der Waals surface area contributed by atoms with E-state index in [1.165, 1.54) is 14.6 Å². The fraction of sp³-hybridized carbons (Fsp3) is 0.190. The number of pyridine rings is 1. The Labute approximate surface area is 170 Å². The molecule has 0 aromatic carbocycles. The number of H-pyrrole nitrogens is 1. The summed E-state index contributed by atoms with van der Waals surface area (Å²) in [6.45, 7) is 2.41. The molecular weight excluding hydrogens is 388 g/mol. The molecule has 0 spiro atoms. The van der Waals surface area contributed by atoms with Crippen LogP contribution >= 0.6 is 22.7 Å². The first-order valence-electron chi connectivity index (χ1n) is 9.14. The fourth-order valence-corrected chi connectivity index (χ4v) is 5.38. The van der Waals surface area contributed by atoms with Gasteiger partial charge in [0.25, 0.3) is 5.56 Å². The van der Waals surface area contributed by atoms with Crippen LogP contribution in [0.15, 0.2) is 59.0 Å². The van der Waals surface area contributed by atoms with Gasteiger partial charge in [-0.2, -0.15) is 0 Å². The van der Waals surface area contributed by atoms with E-state index in [0.29, 0.717) is 12.4 Å². The number of hydrogen-bond donors (Lipinski definition) is 1. The summed E-state index contributed by atoms with van der Waals surface area (Å²) in [5.41, 5.74) is 2.56. The van der Waals surface area contributed by atoms with Gasteiger partial charge in [-0.25, -0.2) is 4.98 Å². The third kappa shape index (κ3) is 3.44. The van der Waals surface area contributed by atoms with E-state index in [-0.39, 0.29) is 5.56 Å².